The van der Waals surface area contributed by atoms with Gasteiger partial charge in [-0.05, 0) is 41.5 Å². The van der Waals surface area contributed by atoms with E-state index in [1.807, 2.05) is 0 Å². The van der Waals surface area contributed by atoms with Gasteiger partial charge in [0.2, 0.25) is 0 Å². The molecule has 20 heavy (non-hydrogen) atoms. The molecule has 1 fully saturated rings. The number of ether oxygens (including phenoxy) is 1. The molecule has 0 spiro atoms. The average Bonchev–Trinajstić information content (AvgIpc) is 2.35. The molecule has 2 unspecified atom stereocenters. The minimum atomic E-state index is 0.0440. The van der Waals surface area contributed by atoms with Gasteiger partial charge in [-0.15, -0.1) is 0 Å². The van der Waals surface area contributed by atoms with Gasteiger partial charge in [0.15, 0.2) is 5.96 Å². The lowest BCUT2D eigenvalue weighted by Gasteiger charge is -2.44. The van der Waals surface area contributed by atoms with Gasteiger partial charge >= 0.3 is 0 Å². The zero-order valence-electron chi connectivity index (χ0n) is 14.0. The molecule has 0 amide bonds. The van der Waals surface area contributed by atoms with Crippen LogP contribution < -0.4 is 10.6 Å². The summed E-state index contributed by atoms with van der Waals surface area (Å²) in [5.41, 5.74) is 0.0440. The first kappa shape index (κ1) is 17.2. The van der Waals surface area contributed by atoms with Crippen LogP contribution in [0.25, 0.3) is 0 Å². The van der Waals surface area contributed by atoms with Crippen LogP contribution in [0, 0.1) is 0 Å². The summed E-state index contributed by atoms with van der Waals surface area (Å²) < 4.78 is 5.81. The molecular formula is C15H32N4O. The smallest absolute Gasteiger partial charge is 0.191 e. The van der Waals surface area contributed by atoms with Gasteiger partial charge in [0.1, 0.15) is 0 Å². The second-order valence-corrected chi connectivity index (χ2v) is 6.20. The van der Waals surface area contributed by atoms with Crippen molar-refractivity contribution in [2.45, 2.75) is 59.3 Å². The number of hydrogen-bond acceptors (Lipinski definition) is 3. The highest BCUT2D eigenvalue weighted by molar-refractivity contribution is 5.79. The molecule has 0 saturated carbocycles. The van der Waals surface area contributed by atoms with Crippen molar-refractivity contribution in [3.8, 4) is 0 Å². The highest BCUT2D eigenvalue weighted by atomic mass is 16.5. The van der Waals surface area contributed by atoms with Crippen molar-refractivity contribution in [2.24, 2.45) is 4.99 Å². The van der Waals surface area contributed by atoms with Gasteiger partial charge in [0, 0.05) is 31.7 Å². The van der Waals surface area contributed by atoms with Crippen LogP contribution in [0.1, 0.15) is 41.5 Å². The van der Waals surface area contributed by atoms with E-state index in [-0.39, 0.29) is 5.54 Å². The number of guanidine groups is 1. The van der Waals surface area contributed by atoms with Crippen LogP contribution in [-0.4, -0.2) is 61.3 Å². The molecule has 2 atom stereocenters. The fourth-order valence-electron chi connectivity index (χ4n) is 2.55. The van der Waals surface area contributed by atoms with Gasteiger partial charge in [-0.25, -0.2) is 0 Å². The summed E-state index contributed by atoms with van der Waals surface area (Å²) in [6.45, 7) is 17.5. The van der Waals surface area contributed by atoms with Crippen LogP contribution in [0.4, 0.5) is 0 Å². The Balaban J connectivity index is 2.64. The minimum Gasteiger partial charge on any atom is -0.373 e. The topological polar surface area (TPSA) is 48.9 Å². The van der Waals surface area contributed by atoms with Crippen molar-refractivity contribution in [1.29, 1.82) is 0 Å². The summed E-state index contributed by atoms with van der Waals surface area (Å²) >= 11 is 0. The Morgan fingerprint density at radius 2 is 1.65 bits per heavy atom. The summed E-state index contributed by atoms with van der Waals surface area (Å²) in [6.07, 6.45) is 0.591. The van der Waals surface area contributed by atoms with E-state index in [1.165, 1.54) is 0 Å². The second-order valence-electron chi connectivity index (χ2n) is 6.20. The maximum atomic E-state index is 5.81. The Labute approximate surface area is 124 Å². The summed E-state index contributed by atoms with van der Waals surface area (Å²) in [4.78, 5) is 7.20. The number of rotatable bonds is 5. The van der Waals surface area contributed by atoms with E-state index in [0.717, 1.165) is 38.7 Å². The zero-order valence-corrected chi connectivity index (χ0v) is 14.0. The van der Waals surface area contributed by atoms with E-state index >= 15 is 0 Å². The first-order valence-electron chi connectivity index (χ1n) is 7.81. The molecule has 1 saturated heterocycles. The molecule has 0 aliphatic carbocycles. The molecule has 118 valence electrons. The Bertz CT molecular complexity index is 299. The first-order chi connectivity index (χ1) is 9.39. The molecule has 1 aliphatic heterocycles. The van der Waals surface area contributed by atoms with E-state index in [9.17, 15) is 0 Å². The predicted molar refractivity (Wildman–Crippen MR) is 85.3 cm³/mol. The second kappa shape index (κ2) is 7.84. The molecule has 5 nitrogen and oxygen atoms in total. The van der Waals surface area contributed by atoms with Gasteiger partial charge in [-0.1, -0.05) is 0 Å². The molecule has 0 aromatic rings. The van der Waals surface area contributed by atoms with Crippen LogP contribution in [0.3, 0.4) is 0 Å². The summed E-state index contributed by atoms with van der Waals surface area (Å²) in [5.74, 6) is 0.900. The van der Waals surface area contributed by atoms with E-state index < -0.39 is 0 Å². The lowest BCUT2D eigenvalue weighted by molar-refractivity contribution is -0.0939. The molecular weight excluding hydrogens is 252 g/mol. The molecule has 5 heteroatoms. The number of hydrogen-bond donors (Lipinski definition) is 2. The third-order valence-electron chi connectivity index (χ3n) is 3.59. The number of nitrogens with one attached hydrogen (secondary N) is 2. The average molecular weight is 284 g/mol. The van der Waals surface area contributed by atoms with Gasteiger partial charge in [0.05, 0.1) is 18.8 Å². The minimum absolute atomic E-state index is 0.0440. The lowest BCUT2D eigenvalue weighted by Crippen LogP contribution is -2.56. The molecule has 1 rings (SSSR count). The molecule has 0 aromatic carbocycles. The van der Waals surface area contributed by atoms with Crippen molar-refractivity contribution >= 4 is 5.96 Å². The largest absolute Gasteiger partial charge is 0.373 e. The first-order valence-corrected chi connectivity index (χ1v) is 7.81. The highest BCUT2D eigenvalue weighted by Crippen LogP contribution is 2.21. The number of aliphatic imine (C=N–C) groups is 1. The van der Waals surface area contributed by atoms with Gasteiger partial charge in [0.25, 0.3) is 0 Å². The molecule has 0 aromatic heterocycles. The maximum Gasteiger partial charge on any atom is 0.191 e. The van der Waals surface area contributed by atoms with E-state index in [4.69, 9.17) is 9.73 Å². The fraction of sp³-hybridized carbons (Fsp3) is 0.933. The maximum absolute atomic E-state index is 5.81. The quantitative estimate of drug-likeness (QED) is 0.592. The third-order valence-corrected chi connectivity index (χ3v) is 3.59. The number of morpholine rings is 1. The Kier molecular flexibility index (Phi) is 6.76. The normalized spacial score (nSPS) is 24.3. The molecule has 1 aliphatic rings. The molecule has 0 radical (unpaired) electrons. The van der Waals surface area contributed by atoms with Crippen LogP contribution >= 0.6 is 0 Å². The van der Waals surface area contributed by atoms with Crippen molar-refractivity contribution in [3.63, 3.8) is 0 Å². The van der Waals surface area contributed by atoms with Gasteiger partial charge < -0.3 is 15.4 Å². The summed E-state index contributed by atoms with van der Waals surface area (Å²) in [7, 11) is 0. The van der Waals surface area contributed by atoms with Crippen LogP contribution in [0.15, 0.2) is 4.99 Å². The highest BCUT2D eigenvalue weighted by Gasteiger charge is 2.33. The predicted octanol–water partition coefficient (Wildman–Crippen LogP) is 1.45. The lowest BCUT2D eigenvalue weighted by atomic mass is 10.0. The monoisotopic (exact) mass is 284 g/mol. The van der Waals surface area contributed by atoms with Crippen molar-refractivity contribution < 1.29 is 4.74 Å². The zero-order chi connectivity index (χ0) is 15.2. The van der Waals surface area contributed by atoms with Crippen LogP contribution in [0.5, 0.6) is 0 Å². The van der Waals surface area contributed by atoms with Crippen molar-refractivity contribution in [1.82, 2.24) is 15.5 Å². The van der Waals surface area contributed by atoms with E-state index in [0.29, 0.717) is 12.2 Å². The van der Waals surface area contributed by atoms with Crippen LogP contribution in [0.2, 0.25) is 0 Å². The Morgan fingerprint density at radius 3 is 2.10 bits per heavy atom. The summed E-state index contributed by atoms with van der Waals surface area (Å²) in [6, 6.07) is 0. The SMILES string of the molecule is CCNC(=NCC(C)(C)N1CC(C)OC(C)C1)NCC. The summed E-state index contributed by atoms with van der Waals surface area (Å²) in [5, 5.41) is 6.54. The van der Waals surface area contributed by atoms with Crippen molar-refractivity contribution in [3.05, 3.63) is 0 Å². The third kappa shape index (κ3) is 5.29. The molecule has 2 N–H and O–H groups in total. The van der Waals surface area contributed by atoms with Crippen LogP contribution in [-0.2, 0) is 4.74 Å². The fourth-order valence-corrected chi connectivity index (χ4v) is 2.55. The van der Waals surface area contributed by atoms with Crippen molar-refractivity contribution in [2.75, 3.05) is 32.7 Å². The van der Waals surface area contributed by atoms with E-state index in [2.05, 4.69) is 57.1 Å². The Hall–Kier alpha value is -0.810. The van der Waals surface area contributed by atoms with Gasteiger partial charge in [-0.3, -0.25) is 9.89 Å². The molecule has 1 heterocycles. The molecule has 0 bridgehead atoms. The number of nitrogens with zero attached hydrogens (tertiary/aromatic N) is 2. The van der Waals surface area contributed by atoms with E-state index in [1.54, 1.807) is 0 Å². The Morgan fingerprint density at radius 1 is 1.15 bits per heavy atom. The van der Waals surface area contributed by atoms with Gasteiger partial charge in [-0.2, -0.15) is 0 Å². The standard InChI is InChI=1S/C15H32N4O/c1-7-16-14(17-8-2)18-11-15(5,6)19-9-12(3)20-13(4)10-19/h12-13H,7-11H2,1-6H3,(H2,16,17,18).